The van der Waals surface area contributed by atoms with Crippen LogP contribution < -0.4 is 4.72 Å². The van der Waals surface area contributed by atoms with E-state index in [1.165, 1.54) is 29.2 Å². The zero-order valence-electron chi connectivity index (χ0n) is 13.0. The number of nitrogens with one attached hydrogen (secondary N) is 1. The zero-order valence-corrected chi connectivity index (χ0v) is 14.6. The summed E-state index contributed by atoms with van der Waals surface area (Å²) in [5.74, 6) is -0.830. The summed E-state index contributed by atoms with van der Waals surface area (Å²) in [6, 6.07) is 5.51. The molecule has 0 spiro atoms. The van der Waals surface area contributed by atoms with Crippen LogP contribution in [0, 0.1) is 0 Å². The first kappa shape index (κ1) is 17.7. The zero-order chi connectivity index (χ0) is 17.3. The fourth-order valence-electron chi connectivity index (χ4n) is 2.45. The van der Waals surface area contributed by atoms with E-state index in [4.69, 9.17) is 11.6 Å². The van der Waals surface area contributed by atoms with Gasteiger partial charge >= 0.3 is 0 Å². The fourth-order valence-corrected chi connectivity index (χ4v) is 3.65. The summed E-state index contributed by atoms with van der Waals surface area (Å²) in [5, 5.41) is 0.401. The molecule has 1 N–H and O–H groups in total. The van der Waals surface area contributed by atoms with Crippen LogP contribution in [0.25, 0.3) is 0 Å². The monoisotopic (exact) mass is 358 g/mol. The van der Waals surface area contributed by atoms with Crippen LogP contribution in [0.4, 0.5) is 0 Å². The molecule has 126 valence electrons. The Labute approximate surface area is 140 Å². The normalized spacial score (nSPS) is 20.7. The van der Waals surface area contributed by atoms with Crippen molar-refractivity contribution in [2.24, 2.45) is 0 Å². The number of sulfonamides is 1. The molecule has 0 radical (unpaired) electrons. The maximum atomic E-state index is 12.4. The van der Waals surface area contributed by atoms with Crippen molar-refractivity contribution in [3.05, 3.63) is 29.3 Å². The summed E-state index contributed by atoms with van der Waals surface area (Å²) in [7, 11) is -3.99. The molecule has 0 saturated carbocycles. The minimum Gasteiger partial charge on any atom is -0.328 e. The molecule has 1 fully saturated rings. The molecule has 1 aromatic rings. The molecule has 2 amide bonds. The average Bonchev–Trinajstić information content (AvgIpc) is 2.45. The minimum atomic E-state index is -3.99. The second-order valence-electron chi connectivity index (χ2n) is 5.71. The number of hydrogen-bond donors (Lipinski definition) is 1. The number of amides is 2. The van der Waals surface area contributed by atoms with Crippen LogP contribution in [-0.2, 0) is 19.6 Å². The Hall–Kier alpha value is -1.60. The van der Waals surface area contributed by atoms with Crippen molar-refractivity contribution in [3.63, 3.8) is 0 Å². The summed E-state index contributed by atoms with van der Waals surface area (Å²) in [4.78, 5) is 25.8. The van der Waals surface area contributed by atoms with Crippen LogP contribution in [0.5, 0.6) is 0 Å². The molecule has 1 unspecified atom stereocenters. The minimum absolute atomic E-state index is 0.0513. The second kappa shape index (κ2) is 6.49. The highest BCUT2D eigenvalue weighted by atomic mass is 35.5. The maximum Gasteiger partial charge on any atom is 0.264 e. The first-order valence-corrected chi connectivity index (χ1v) is 9.20. The fraction of sp³-hybridized carbons (Fsp3) is 0.467. The van der Waals surface area contributed by atoms with E-state index in [-0.39, 0.29) is 10.8 Å². The summed E-state index contributed by atoms with van der Waals surface area (Å²) < 4.78 is 26.6. The molecule has 0 bridgehead atoms. The molecule has 1 heterocycles. The Morgan fingerprint density at radius 2 is 1.91 bits per heavy atom. The van der Waals surface area contributed by atoms with Crippen LogP contribution in [0.2, 0.25) is 5.02 Å². The number of nitrogens with zero attached hydrogens (tertiary/aromatic N) is 1. The Kier molecular flexibility index (Phi) is 5.01. The van der Waals surface area contributed by atoms with Crippen LogP contribution in [0.3, 0.4) is 0 Å². The van der Waals surface area contributed by atoms with Crippen molar-refractivity contribution < 1.29 is 18.0 Å². The Morgan fingerprint density at radius 3 is 2.39 bits per heavy atom. The summed E-state index contributed by atoms with van der Waals surface area (Å²) >= 11 is 5.73. The van der Waals surface area contributed by atoms with E-state index < -0.39 is 21.5 Å². The van der Waals surface area contributed by atoms with Gasteiger partial charge in [0.15, 0.2) is 0 Å². The van der Waals surface area contributed by atoms with Crippen molar-refractivity contribution >= 4 is 33.4 Å². The Bertz CT molecular complexity index is 717. The van der Waals surface area contributed by atoms with Gasteiger partial charge in [-0.05, 0) is 44.0 Å². The van der Waals surface area contributed by atoms with Gasteiger partial charge in [0.2, 0.25) is 5.91 Å². The van der Waals surface area contributed by atoms with Gasteiger partial charge in [0.1, 0.15) is 5.54 Å². The van der Waals surface area contributed by atoms with Gasteiger partial charge in [-0.2, -0.15) is 0 Å². The van der Waals surface area contributed by atoms with Gasteiger partial charge < -0.3 is 4.90 Å². The lowest BCUT2D eigenvalue weighted by Gasteiger charge is -2.48. The third-order valence-electron chi connectivity index (χ3n) is 4.02. The standard InChI is InChI=1S/C15H19ClN2O4S/c1-3-4-13(19)18-10-9-15(18,2)14(20)17-23(21,22)12-7-5-11(16)6-8-12/h5-8H,3-4,9-10H2,1-2H3,(H,17,20). The third kappa shape index (κ3) is 3.50. The lowest BCUT2D eigenvalue weighted by molar-refractivity contribution is -0.156. The molecule has 23 heavy (non-hydrogen) atoms. The molecule has 1 aromatic carbocycles. The van der Waals surface area contributed by atoms with Crippen molar-refractivity contribution in [2.45, 2.75) is 43.5 Å². The van der Waals surface area contributed by atoms with Gasteiger partial charge in [-0.3, -0.25) is 9.59 Å². The van der Waals surface area contributed by atoms with E-state index in [0.29, 0.717) is 30.8 Å². The molecule has 1 saturated heterocycles. The lowest BCUT2D eigenvalue weighted by Crippen LogP contribution is -2.67. The van der Waals surface area contributed by atoms with Crippen molar-refractivity contribution in [2.75, 3.05) is 6.54 Å². The molecule has 0 aliphatic carbocycles. The largest absolute Gasteiger partial charge is 0.328 e. The molecule has 0 aromatic heterocycles. The number of carbonyl (C=O) groups excluding carboxylic acids is 2. The molecule has 1 atom stereocenters. The first-order chi connectivity index (χ1) is 10.7. The van der Waals surface area contributed by atoms with Gasteiger partial charge in [-0.25, -0.2) is 13.1 Å². The number of likely N-dealkylation sites (tertiary alicyclic amines) is 1. The number of carbonyl (C=O) groups is 2. The maximum absolute atomic E-state index is 12.4. The van der Waals surface area contributed by atoms with Crippen LogP contribution >= 0.6 is 11.6 Å². The second-order valence-corrected chi connectivity index (χ2v) is 7.83. The Balaban J connectivity index is 2.14. The quantitative estimate of drug-likeness (QED) is 0.871. The topological polar surface area (TPSA) is 83.6 Å². The van der Waals surface area contributed by atoms with Crippen LogP contribution in [0.15, 0.2) is 29.2 Å². The molecule has 6 nitrogen and oxygen atoms in total. The molecule has 8 heteroatoms. The van der Waals surface area contributed by atoms with Crippen LogP contribution in [0.1, 0.15) is 33.1 Å². The van der Waals surface area contributed by atoms with Gasteiger partial charge in [0.25, 0.3) is 15.9 Å². The van der Waals surface area contributed by atoms with E-state index in [2.05, 4.69) is 4.72 Å². The molecular weight excluding hydrogens is 340 g/mol. The van der Waals surface area contributed by atoms with E-state index in [9.17, 15) is 18.0 Å². The van der Waals surface area contributed by atoms with Crippen molar-refractivity contribution in [3.8, 4) is 0 Å². The first-order valence-electron chi connectivity index (χ1n) is 7.34. The number of hydrogen-bond acceptors (Lipinski definition) is 4. The SMILES string of the molecule is CCCC(=O)N1CCC1(C)C(=O)NS(=O)(=O)c1ccc(Cl)cc1. The van der Waals surface area contributed by atoms with Gasteiger partial charge in [-0.15, -0.1) is 0 Å². The molecule has 1 aliphatic heterocycles. The Morgan fingerprint density at radius 1 is 1.30 bits per heavy atom. The smallest absolute Gasteiger partial charge is 0.264 e. The van der Waals surface area contributed by atoms with E-state index in [1.807, 2.05) is 6.92 Å². The van der Waals surface area contributed by atoms with Gasteiger partial charge in [0, 0.05) is 18.0 Å². The van der Waals surface area contributed by atoms with Crippen LogP contribution in [-0.4, -0.2) is 37.2 Å². The van der Waals surface area contributed by atoms with Gasteiger partial charge in [0.05, 0.1) is 4.90 Å². The van der Waals surface area contributed by atoms with E-state index in [1.54, 1.807) is 6.92 Å². The van der Waals surface area contributed by atoms with E-state index in [0.717, 1.165) is 0 Å². The van der Waals surface area contributed by atoms with Crippen molar-refractivity contribution in [1.82, 2.24) is 9.62 Å². The number of benzene rings is 1. The van der Waals surface area contributed by atoms with E-state index >= 15 is 0 Å². The van der Waals surface area contributed by atoms with Crippen molar-refractivity contribution in [1.29, 1.82) is 0 Å². The molecular formula is C15H19ClN2O4S. The molecule has 2 rings (SSSR count). The average molecular weight is 359 g/mol. The summed E-state index contributed by atoms with van der Waals surface area (Å²) in [6.07, 6.45) is 1.45. The third-order valence-corrected chi connectivity index (χ3v) is 5.62. The highest BCUT2D eigenvalue weighted by molar-refractivity contribution is 7.90. The predicted octanol–water partition coefficient (Wildman–Crippen LogP) is 1.94. The highest BCUT2D eigenvalue weighted by Crippen LogP contribution is 2.32. The number of rotatable bonds is 5. The highest BCUT2D eigenvalue weighted by Gasteiger charge is 2.50. The number of halogens is 1. The predicted molar refractivity (Wildman–Crippen MR) is 86.4 cm³/mol. The van der Waals surface area contributed by atoms with Gasteiger partial charge in [-0.1, -0.05) is 18.5 Å². The summed E-state index contributed by atoms with van der Waals surface area (Å²) in [6.45, 7) is 3.92. The summed E-state index contributed by atoms with van der Waals surface area (Å²) in [5.41, 5.74) is -1.12. The molecule has 1 aliphatic rings. The lowest BCUT2D eigenvalue weighted by atomic mass is 9.85.